The number of hydrogen-bond acceptors (Lipinski definition) is 9. The van der Waals surface area contributed by atoms with E-state index >= 15 is 0 Å². The van der Waals surface area contributed by atoms with E-state index in [1.54, 1.807) is 27.7 Å². The molecule has 5 rings (SSSR count). The highest BCUT2D eigenvalue weighted by Crippen LogP contribution is 2.66. The van der Waals surface area contributed by atoms with Crippen LogP contribution in [0.15, 0.2) is 30.3 Å². The fraction of sp³-hybridized carbons (Fsp3) is 0.543. The number of alkyl halides is 3. The Hall–Kier alpha value is -4.21. The molecule has 2 aromatic carbocycles. The zero-order valence-electron chi connectivity index (χ0n) is 28.4. The third-order valence-electron chi connectivity index (χ3n) is 11.0. The van der Waals surface area contributed by atoms with E-state index in [0.717, 1.165) is 12.1 Å². The van der Waals surface area contributed by atoms with Crippen molar-refractivity contribution in [1.82, 2.24) is 0 Å². The lowest BCUT2D eigenvalue weighted by Gasteiger charge is -2.66. The number of urea groups is 1. The highest BCUT2D eigenvalue weighted by molar-refractivity contribution is 6.10. The van der Waals surface area contributed by atoms with E-state index in [1.807, 2.05) is 13.8 Å². The molecule has 3 aliphatic rings. The van der Waals surface area contributed by atoms with Crippen LogP contribution >= 0.6 is 0 Å². The standard InChI is InChI=1S/C35H42F3N3O9/c1-14(2)18-11-20(41-31(48)40-16-7-9-17(10-8-16)50-35(36,37)38)25(42)21-19(18)12-32(5)13-33(6)23(15(3)4)27(44)22(30(39)47)28(45)34(33,49)29(46)24(32)26(21)43/h7-11,14-15,22-24,27,29,42,44,46,49H,12-13H2,1-6H3,(H2,39,47)(H2,40,41,48)/t22?,23-,24?,27?,29?,32+,33+,34-/m0/s1. The second-order valence-electron chi connectivity index (χ2n) is 15.0. The number of phenols is 1. The molecule has 0 heterocycles. The number of halogens is 3. The molecule has 0 radical (unpaired) electrons. The number of Topliss-reactive ketones (excluding diaryl/α,β-unsaturated/α-hetero) is 2. The number of aliphatic hydroxyl groups excluding tert-OH is 2. The van der Waals surface area contributed by atoms with Gasteiger partial charge in [-0.25, -0.2) is 4.79 Å². The molecule has 8 atom stereocenters. The minimum Gasteiger partial charge on any atom is -0.505 e. The molecule has 3 aliphatic carbocycles. The number of rotatable bonds is 6. The van der Waals surface area contributed by atoms with Crippen LogP contribution < -0.4 is 21.1 Å². The SMILES string of the molecule is CC(C)c1cc(NC(=O)Nc2ccc(OC(F)(F)F)cc2)c(O)c2c1C[C@]1(C)C[C@]3(C)[C@@H](C(C)C)C(O)C(C(N)=O)C(=O)[C@]3(O)C(O)C1C2=O. The number of ether oxygens (including phenoxy) is 1. The number of fused-ring (bicyclic) bond motifs is 3. The van der Waals surface area contributed by atoms with E-state index in [-0.39, 0.29) is 35.7 Å². The number of nitrogens with two attached hydrogens (primary N) is 1. The molecule has 2 saturated carbocycles. The summed E-state index contributed by atoms with van der Waals surface area (Å²) in [7, 11) is 0. The van der Waals surface area contributed by atoms with Crippen molar-refractivity contribution in [2.75, 3.05) is 10.6 Å². The van der Waals surface area contributed by atoms with Crippen LogP contribution in [-0.2, 0) is 16.0 Å². The van der Waals surface area contributed by atoms with E-state index < -0.39 is 93.7 Å². The number of anilines is 2. The zero-order chi connectivity index (χ0) is 37.5. The van der Waals surface area contributed by atoms with Crippen LogP contribution in [-0.4, -0.2) is 68.1 Å². The van der Waals surface area contributed by atoms with Gasteiger partial charge in [0.05, 0.1) is 23.3 Å². The Labute approximate surface area is 286 Å². The summed E-state index contributed by atoms with van der Waals surface area (Å²) in [6, 6.07) is 4.92. The fourth-order valence-electron chi connectivity index (χ4n) is 9.26. The summed E-state index contributed by atoms with van der Waals surface area (Å²) in [4.78, 5) is 53.9. The predicted octanol–water partition coefficient (Wildman–Crippen LogP) is 4.24. The van der Waals surface area contributed by atoms with Gasteiger partial charge < -0.3 is 41.5 Å². The monoisotopic (exact) mass is 705 g/mol. The number of nitrogens with one attached hydrogen (secondary N) is 2. The molecule has 8 N–H and O–H groups in total. The van der Waals surface area contributed by atoms with Crippen LogP contribution in [0.2, 0.25) is 0 Å². The molecule has 0 spiro atoms. The van der Waals surface area contributed by atoms with Gasteiger partial charge in [0, 0.05) is 11.1 Å². The summed E-state index contributed by atoms with van der Waals surface area (Å²) < 4.78 is 41.4. The third kappa shape index (κ3) is 5.68. The van der Waals surface area contributed by atoms with Gasteiger partial charge in [0.25, 0.3) is 0 Å². The average molecular weight is 706 g/mol. The van der Waals surface area contributed by atoms with Gasteiger partial charge in [-0.3, -0.25) is 14.4 Å². The first-order valence-electron chi connectivity index (χ1n) is 16.3. The van der Waals surface area contributed by atoms with Crippen molar-refractivity contribution < 1.29 is 57.5 Å². The summed E-state index contributed by atoms with van der Waals surface area (Å²) in [6.45, 7) is 10.5. The van der Waals surface area contributed by atoms with Crippen molar-refractivity contribution in [2.24, 2.45) is 40.2 Å². The smallest absolute Gasteiger partial charge is 0.505 e. The van der Waals surface area contributed by atoms with Gasteiger partial charge in [0.15, 0.2) is 17.2 Å². The van der Waals surface area contributed by atoms with Crippen molar-refractivity contribution in [2.45, 2.75) is 84.5 Å². The van der Waals surface area contributed by atoms with Crippen LogP contribution in [0.3, 0.4) is 0 Å². The molecule has 2 fully saturated rings. The number of phenolic OH excluding ortho intramolecular Hbond substituents is 1. The first-order valence-corrected chi connectivity index (χ1v) is 16.3. The first-order chi connectivity index (χ1) is 23.0. The normalized spacial score (nSPS) is 32.2. The Morgan fingerprint density at radius 3 is 2.16 bits per heavy atom. The van der Waals surface area contributed by atoms with Gasteiger partial charge in [0.1, 0.15) is 23.5 Å². The van der Waals surface area contributed by atoms with Crippen LogP contribution in [0.5, 0.6) is 11.5 Å². The molecule has 15 heteroatoms. The van der Waals surface area contributed by atoms with Gasteiger partial charge >= 0.3 is 12.4 Å². The second-order valence-corrected chi connectivity index (χ2v) is 15.0. The number of amides is 3. The summed E-state index contributed by atoms with van der Waals surface area (Å²) in [5.74, 6) is -9.11. The molecular formula is C35H42F3N3O9. The van der Waals surface area contributed by atoms with Gasteiger partial charge in [-0.15, -0.1) is 13.2 Å². The largest absolute Gasteiger partial charge is 0.573 e. The maximum atomic E-state index is 14.5. The molecule has 0 aromatic heterocycles. The van der Waals surface area contributed by atoms with Crippen LogP contribution in [0.1, 0.15) is 75.4 Å². The summed E-state index contributed by atoms with van der Waals surface area (Å²) in [6.07, 6.45) is -8.43. The van der Waals surface area contributed by atoms with Crippen LogP contribution in [0.4, 0.5) is 29.3 Å². The average Bonchev–Trinajstić information content (AvgIpc) is 2.96. The van der Waals surface area contributed by atoms with E-state index in [0.29, 0.717) is 11.1 Å². The second kappa shape index (κ2) is 12.2. The molecule has 3 amide bonds. The van der Waals surface area contributed by atoms with Crippen molar-refractivity contribution >= 4 is 34.9 Å². The highest BCUT2D eigenvalue weighted by Gasteiger charge is 2.76. The number of carbonyl (C=O) groups excluding carboxylic acids is 4. The maximum Gasteiger partial charge on any atom is 0.573 e. The minimum atomic E-state index is -4.90. The Kier molecular flexibility index (Phi) is 9.07. The van der Waals surface area contributed by atoms with Crippen molar-refractivity contribution in [3.05, 3.63) is 47.0 Å². The minimum absolute atomic E-state index is 0.0198. The zero-order valence-corrected chi connectivity index (χ0v) is 28.4. The molecule has 12 nitrogen and oxygen atoms in total. The van der Waals surface area contributed by atoms with Gasteiger partial charge in [0.2, 0.25) is 5.91 Å². The number of primary amides is 1. The third-order valence-corrected chi connectivity index (χ3v) is 11.0. The summed E-state index contributed by atoms with van der Waals surface area (Å²) >= 11 is 0. The summed E-state index contributed by atoms with van der Waals surface area (Å²) in [5, 5.41) is 52.0. The molecule has 0 bridgehead atoms. The van der Waals surface area contributed by atoms with Crippen molar-refractivity contribution in [3.8, 4) is 11.5 Å². The number of carbonyl (C=O) groups is 4. The van der Waals surface area contributed by atoms with Gasteiger partial charge in [-0.2, -0.15) is 0 Å². The Bertz CT molecular complexity index is 1750. The van der Waals surface area contributed by atoms with E-state index in [9.17, 15) is 52.8 Å². The molecule has 0 aliphatic heterocycles. The van der Waals surface area contributed by atoms with E-state index in [1.165, 1.54) is 18.2 Å². The molecule has 4 unspecified atom stereocenters. The number of ketones is 2. The van der Waals surface area contributed by atoms with Gasteiger partial charge in [-0.05, 0) is 77.5 Å². The predicted molar refractivity (Wildman–Crippen MR) is 173 cm³/mol. The Morgan fingerprint density at radius 2 is 1.64 bits per heavy atom. The molecular weight excluding hydrogens is 663 g/mol. The quantitative estimate of drug-likeness (QED) is 0.169. The lowest BCUT2D eigenvalue weighted by Crippen LogP contribution is -2.79. The lowest BCUT2D eigenvalue weighted by molar-refractivity contribution is -0.274. The molecule has 272 valence electrons. The van der Waals surface area contributed by atoms with E-state index in [4.69, 9.17) is 5.73 Å². The Balaban J connectivity index is 1.55. The maximum absolute atomic E-state index is 14.5. The number of aliphatic hydroxyl groups is 3. The van der Waals surface area contributed by atoms with E-state index in [2.05, 4.69) is 15.4 Å². The molecule has 50 heavy (non-hydrogen) atoms. The topological polar surface area (TPSA) is 209 Å². The highest BCUT2D eigenvalue weighted by atomic mass is 19.4. The number of hydrogen-bond donors (Lipinski definition) is 7. The number of benzene rings is 2. The number of aromatic hydroxyl groups is 1. The first kappa shape index (κ1) is 37.1. The Morgan fingerprint density at radius 1 is 1.04 bits per heavy atom. The van der Waals surface area contributed by atoms with Crippen LogP contribution in [0.25, 0.3) is 0 Å². The molecule has 0 saturated heterocycles. The lowest BCUT2D eigenvalue weighted by atomic mass is 9.39. The van der Waals surface area contributed by atoms with Crippen LogP contribution in [0, 0.1) is 34.5 Å². The summed E-state index contributed by atoms with van der Waals surface area (Å²) in [5.41, 5.74) is 0.956. The van der Waals surface area contributed by atoms with Gasteiger partial charge in [-0.1, -0.05) is 41.5 Å². The van der Waals surface area contributed by atoms with Crippen molar-refractivity contribution in [3.63, 3.8) is 0 Å². The molecule has 2 aromatic rings. The fourth-order valence-corrected chi connectivity index (χ4v) is 9.26. The van der Waals surface area contributed by atoms with Crippen molar-refractivity contribution in [1.29, 1.82) is 0 Å².